The molecule has 1 aliphatic heterocycles. The molecular weight excluding hydrogens is 421 g/mol. The Kier molecular flexibility index (Phi) is 6.76. The van der Waals surface area contributed by atoms with Crippen LogP contribution >= 0.6 is 0 Å². The molecule has 1 aliphatic rings. The minimum absolute atomic E-state index is 0.0295. The van der Waals surface area contributed by atoms with Gasteiger partial charge in [0, 0.05) is 25.2 Å². The van der Waals surface area contributed by atoms with E-state index in [0.717, 1.165) is 5.56 Å². The van der Waals surface area contributed by atoms with Crippen LogP contribution < -0.4 is 10.6 Å². The van der Waals surface area contributed by atoms with Gasteiger partial charge in [-0.1, -0.05) is 32.0 Å². The summed E-state index contributed by atoms with van der Waals surface area (Å²) in [5.74, 6) is -1.92. The fourth-order valence-corrected chi connectivity index (χ4v) is 5.17. The van der Waals surface area contributed by atoms with Gasteiger partial charge in [0.1, 0.15) is 5.82 Å². The van der Waals surface area contributed by atoms with Crippen LogP contribution in [0.4, 0.5) is 10.1 Å². The number of nitrogens with one attached hydrogen (secondary N) is 2. The average Bonchev–Trinajstić information content (AvgIpc) is 2.73. The number of benzene rings is 2. The number of anilines is 1. The van der Waals surface area contributed by atoms with Crippen LogP contribution in [0.25, 0.3) is 0 Å². The van der Waals surface area contributed by atoms with Crippen molar-refractivity contribution in [1.29, 1.82) is 0 Å². The molecule has 2 N–H and O–H groups in total. The molecule has 0 saturated carbocycles. The number of carbonyl (C=O) groups is 2. The summed E-state index contributed by atoms with van der Waals surface area (Å²) in [5, 5.41) is 5.46. The third-order valence-corrected chi connectivity index (χ3v) is 7.52. The molecule has 2 aromatic rings. The molecule has 0 saturated heterocycles. The third-order valence-electron chi connectivity index (χ3n) is 5.45. The van der Waals surface area contributed by atoms with Crippen molar-refractivity contribution < 1.29 is 22.4 Å². The summed E-state index contributed by atoms with van der Waals surface area (Å²) in [6, 6.07) is 9.93. The Morgan fingerprint density at radius 3 is 2.45 bits per heavy atom. The number of halogens is 1. The van der Waals surface area contributed by atoms with Gasteiger partial charge in [-0.15, -0.1) is 0 Å². The van der Waals surface area contributed by atoms with Crippen LogP contribution in [0.3, 0.4) is 0 Å². The smallest absolute Gasteiger partial charge is 0.243 e. The van der Waals surface area contributed by atoms with Crippen molar-refractivity contribution in [3.8, 4) is 0 Å². The van der Waals surface area contributed by atoms with Gasteiger partial charge in [0.25, 0.3) is 0 Å². The minimum atomic E-state index is -3.56. The predicted molar refractivity (Wildman–Crippen MR) is 115 cm³/mol. The Morgan fingerprint density at radius 1 is 1.19 bits per heavy atom. The quantitative estimate of drug-likeness (QED) is 0.682. The van der Waals surface area contributed by atoms with E-state index in [1.165, 1.54) is 34.6 Å². The molecule has 2 atom stereocenters. The molecule has 2 unspecified atom stereocenters. The highest BCUT2D eigenvalue weighted by atomic mass is 32.2. The molecule has 0 aliphatic carbocycles. The van der Waals surface area contributed by atoms with Gasteiger partial charge < -0.3 is 10.6 Å². The number of hydrogen-bond acceptors (Lipinski definition) is 4. The van der Waals surface area contributed by atoms with Crippen LogP contribution in [0, 0.1) is 5.82 Å². The SMILES string of the molecule is CCN(CC)S(=O)(=O)c1ccc(C(C)NC(=O)C2CC(=O)Nc3cc(F)ccc32)cc1. The molecule has 9 heteroatoms. The first-order chi connectivity index (χ1) is 14.7. The number of carbonyl (C=O) groups excluding carboxylic acids is 2. The summed E-state index contributed by atoms with van der Waals surface area (Å²) in [5.41, 5.74) is 1.59. The highest BCUT2D eigenvalue weighted by molar-refractivity contribution is 7.89. The lowest BCUT2D eigenvalue weighted by Gasteiger charge is -2.26. The van der Waals surface area contributed by atoms with Crippen molar-refractivity contribution >= 4 is 27.5 Å². The number of rotatable bonds is 7. The Balaban J connectivity index is 1.76. The fraction of sp³-hybridized carbons (Fsp3) is 0.364. The highest BCUT2D eigenvalue weighted by Crippen LogP contribution is 2.33. The van der Waals surface area contributed by atoms with E-state index in [1.807, 2.05) is 0 Å². The van der Waals surface area contributed by atoms with Crippen LogP contribution in [-0.2, 0) is 19.6 Å². The third kappa shape index (κ3) is 4.77. The monoisotopic (exact) mass is 447 g/mol. The van der Waals surface area contributed by atoms with Crippen LogP contribution in [0.1, 0.15) is 50.3 Å². The Bertz CT molecular complexity index is 1080. The highest BCUT2D eigenvalue weighted by Gasteiger charge is 2.31. The minimum Gasteiger partial charge on any atom is -0.349 e. The molecule has 166 valence electrons. The molecule has 0 fully saturated rings. The Morgan fingerprint density at radius 2 is 1.84 bits per heavy atom. The number of amides is 2. The molecule has 0 bridgehead atoms. The second kappa shape index (κ2) is 9.15. The maximum atomic E-state index is 13.5. The van der Waals surface area contributed by atoms with Gasteiger partial charge in [-0.05, 0) is 42.3 Å². The van der Waals surface area contributed by atoms with Gasteiger partial charge in [0.2, 0.25) is 21.8 Å². The van der Waals surface area contributed by atoms with Crippen molar-refractivity contribution in [3.05, 3.63) is 59.4 Å². The molecular formula is C22H26FN3O4S. The Hall–Kier alpha value is -2.78. The normalized spacial score (nSPS) is 17.1. The zero-order valence-electron chi connectivity index (χ0n) is 17.7. The maximum Gasteiger partial charge on any atom is 0.243 e. The van der Waals surface area contributed by atoms with Crippen LogP contribution in [0.2, 0.25) is 0 Å². The topological polar surface area (TPSA) is 95.6 Å². The molecule has 3 rings (SSSR count). The van der Waals surface area contributed by atoms with Crippen LogP contribution in [0.15, 0.2) is 47.4 Å². The van der Waals surface area contributed by atoms with E-state index >= 15 is 0 Å². The average molecular weight is 448 g/mol. The maximum absolute atomic E-state index is 13.5. The molecule has 7 nitrogen and oxygen atoms in total. The number of fused-ring (bicyclic) bond motifs is 1. The van der Waals surface area contributed by atoms with Gasteiger partial charge in [0.05, 0.1) is 16.9 Å². The van der Waals surface area contributed by atoms with E-state index < -0.39 is 27.8 Å². The molecule has 31 heavy (non-hydrogen) atoms. The van der Waals surface area contributed by atoms with E-state index in [1.54, 1.807) is 32.9 Å². The standard InChI is InChI=1S/C22H26FN3O4S/c1-4-26(5-2)31(29,30)17-9-6-15(7-10-17)14(3)24-22(28)19-13-21(27)25-20-12-16(23)8-11-18(19)20/h6-12,14,19H,4-5,13H2,1-3H3,(H,24,28)(H,25,27). The summed E-state index contributed by atoms with van der Waals surface area (Å²) >= 11 is 0. The van der Waals surface area contributed by atoms with Gasteiger partial charge in [0.15, 0.2) is 0 Å². The molecule has 1 heterocycles. The second-order valence-corrected chi connectivity index (χ2v) is 9.36. The van der Waals surface area contributed by atoms with Crippen LogP contribution in [-0.4, -0.2) is 37.6 Å². The molecule has 0 spiro atoms. The van der Waals surface area contributed by atoms with E-state index in [-0.39, 0.29) is 23.1 Å². The zero-order chi connectivity index (χ0) is 22.8. The van der Waals surface area contributed by atoms with Gasteiger partial charge >= 0.3 is 0 Å². The number of sulfonamides is 1. The zero-order valence-corrected chi connectivity index (χ0v) is 18.5. The summed E-state index contributed by atoms with van der Waals surface area (Å²) in [4.78, 5) is 25.0. The van der Waals surface area contributed by atoms with E-state index in [9.17, 15) is 22.4 Å². The van der Waals surface area contributed by atoms with Gasteiger partial charge in [-0.3, -0.25) is 9.59 Å². The van der Waals surface area contributed by atoms with Crippen molar-refractivity contribution in [2.75, 3.05) is 18.4 Å². The van der Waals surface area contributed by atoms with Gasteiger partial charge in [-0.25, -0.2) is 12.8 Å². The number of nitrogens with zero attached hydrogens (tertiary/aromatic N) is 1. The summed E-state index contributed by atoms with van der Waals surface area (Å²) < 4.78 is 40.1. The molecule has 0 aromatic heterocycles. The first-order valence-electron chi connectivity index (χ1n) is 10.2. The second-order valence-electron chi connectivity index (χ2n) is 7.43. The largest absolute Gasteiger partial charge is 0.349 e. The molecule has 0 radical (unpaired) electrons. The summed E-state index contributed by atoms with van der Waals surface area (Å²) in [6.45, 7) is 6.11. The lowest BCUT2D eigenvalue weighted by atomic mass is 9.89. The van der Waals surface area contributed by atoms with E-state index in [0.29, 0.717) is 24.3 Å². The van der Waals surface area contributed by atoms with E-state index in [4.69, 9.17) is 0 Å². The Labute approximate surface area is 181 Å². The van der Waals surface area contributed by atoms with Crippen molar-refractivity contribution in [2.24, 2.45) is 0 Å². The molecule has 2 aromatic carbocycles. The lowest BCUT2D eigenvalue weighted by molar-refractivity contribution is -0.126. The van der Waals surface area contributed by atoms with Crippen LogP contribution in [0.5, 0.6) is 0 Å². The predicted octanol–water partition coefficient (Wildman–Crippen LogP) is 3.16. The van der Waals surface area contributed by atoms with Crippen molar-refractivity contribution in [1.82, 2.24) is 9.62 Å². The van der Waals surface area contributed by atoms with Crippen molar-refractivity contribution in [3.63, 3.8) is 0 Å². The summed E-state index contributed by atoms with van der Waals surface area (Å²) in [7, 11) is -3.56. The van der Waals surface area contributed by atoms with Gasteiger partial charge in [-0.2, -0.15) is 4.31 Å². The van der Waals surface area contributed by atoms with E-state index in [2.05, 4.69) is 10.6 Å². The molecule has 2 amide bonds. The first kappa shape index (κ1) is 22.9. The van der Waals surface area contributed by atoms with Crippen molar-refractivity contribution in [2.45, 2.75) is 44.0 Å². The lowest BCUT2D eigenvalue weighted by Crippen LogP contribution is -2.36. The fourth-order valence-electron chi connectivity index (χ4n) is 3.71. The first-order valence-corrected chi connectivity index (χ1v) is 11.6. The summed E-state index contributed by atoms with van der Waals surface area (Å²) in [6.07, 6.45) is -0.0295. The number of hydrogen-bond donors (Lipinski definition) is 2.